The standard InChI is InChI=1S/C22H20N2O4/c1-22(2)10-14-13(16(25)11-22)9-15(18-17(14)20(27)24(3)21(18)28)23-19(26)12-7-5-4-6-8-12/h4-9H,10-11H2,1-3H3,(H,23,26). The Hall–Kier alpha value is -3.28. The molecule has 1 aliphatic heterocycles. The number of benzene rings is 2. The quantitative estimate of drug-likeness (QED) is 0.815. The van der Waals surface area contributed by atoms with E-state index in [1.54, 1.807) is 36.4 Å². The summed E-state index contributed by atoms with van der Waals surface area (Å²) in [5, 5.41) is 2.73. The Morgan fingerprint density at radius 2 is 1.64 bits per heavy atom. The molecule has 6 heteroatoms. The minimum absolute atomic E-state index is 0.0842. The zero-order valence-corrected chi connectivity index (χ0v) is 16.0. The van der Waals surface area contributed by atoms with Gasteiger partial charge in [-0.25, -0.2) is 0 Å². The number of carbonyl (C=O) groups is 4. The van der Waals surface area contributed by atoms with Crippen molar-refractivity contribution in [1.82, 2.24) is 4.90 Å². The second kappa shape index (κ2) is 6.12. The van der Waals surface area contributed by atoms with Gasteiger partial charge >= 0.3 is 0 Å². The van der Waals surface area contributed by atoms with E-state index in [1.807, 2.05) is 13.8 Å². The molecule has 1 aliphatic carbocycles. The van der Waals surface area contributed by atoms with Crippen molar-refractivity contribution in [3.05, 3.63) is 64.2 Å². The molecule has 3 amide bonds. The summed E-state index contributed by atoms with van der Waals surface area (Å²) in [6.07, 6.45) is 0.874. The van der Waals surface area contributed by atoms with Gasteiger partial charge in [0, 0.05) is 24.6 Å². The lowest BCUT2D eigenvalue weighted by molar-refractivity contribution is 0.0693. The Balaban J connectivity index is 1.89. The van der Waals surface area contributed by atoms with Crippen molar-refractivity contribution < 1.29 is 19.2 Å². The number of carbonyl (C=O) groups excluding carboxylic acids is 4. The highest BCUT2D eigenvalue weighted by Gasteiger charge is 2.43. The summed E-state index contributed by atoms with van der Waals surface area (Å²) in [7, 11) is 1.41. The van der Waals surface area contributed by atoms with E-state index in [2.05, 4.69) is 5.32 Å². The highest BCUT2D eigenvalue weighted by molar-refractivity contribution is 6.26. The maximum absolute atomic E-state index is 12.8. The molecule has 0 saturated carbocycles. The minimum atomic E-state index is -0.470. The fourth-order valence-corrected chi connectivity index (χ4v) is 4.00. The van der Waals surface area contributed by atoms with Gasteiger partial charge in [-0.3, -0.25) is 24.1 Å². The van der Waals surface area contributed by atoms with Gasteiger partial charge in [0.2, 0.25) is 0 Å². The zero-order valence-electron chi connectivity index (χ0n) is 16.0. The monoisotopic (exact) mass is 376 g/mol. The number of amides is 3. The van der Waals surface area contributed by atoms with Crippen LogP contribution in [0, 0.1) is 5.41 Å². The van der Waals surface area contributed by atoms with Crippen LogP contribution >= 0.6 is 0 Å². The largest absolute Gasteiger partial charge is 0.321 e. The lowest BCUT2D eigenvalue weighted by Gasteiger charge is -2.31. The molecule has 2 aromatic carbocycles. The van der Waals surface area contributed by atoms with Crippen LogP contribution in [-0.4, -0.2) is 35.5 Å². The van der Waals surface area contributed by atoms with Crippen LogP contribution in [-0.2, 0) is 6.42 Å². The van der Waals surface area contributed by atoms with Crippen molar-refractivity contribution >= 4 is 29.2 Å². The second-order valence-corrected chi connectivity index (χ2v) is 8.13. The SMILES string of the molecule is CN1C(=O)c2c(NC(=O)c3ccccc3)cc3c(c2C1=O)CC(C)(C)CC3=O. The topological polar surface area (TPSA) is 83.6 Å². The number of fused-ring (bicyclic) bond motifs is 3. The summed E-state index contributed by atoms with van der Waals surface area (Å²) in [6.45, 7) is 3.94. The van der Waals surface area contributed by atoms with Crippen LogP contribution in [0.1, 0.15) is 67.3 Å². The molecule has 1 heterocycles. The maximum atomic E-state index is 12.8. The van der Waals surface area contributed by atoms with Gasteiger partial charge in [0.15, 0.2) is 5.78 Å². The van der Waals surface area contributed by atoms with Crippen molar-refractivity contribution in [3.63, 3.8) is 0 Å². The molecule has 0 aromatic heterocycles. The van der Waals surface area contributed by atoms with Crippen LogP contribution in [0.2, 0.25) is 0 Å². The van der Waals surface area contributed by atoms with Crippen LogP contribution in [0.25, 0.3) is 0 Å². The number of hydrogen-bond donors (Lipinski definition) is 1. The van der Waals surface area contributed by atoms with Gasteiger partial charge in [-0.2, -0.15) is 0 Å². The number of nitrogens with zero attached hydrogens (tertiary/aromatic N) is 1. The fourth-order valence-electron chi connectivity index (χ4n) is 4.00. The molecule has 0 fully saturated rings. The molecule has 2 aromatic rings. The van der Waals surface area contributed by atoms with E-state index in [9.17, 15) is 19.2 Å². The van der Waals surface area contributed by atoms with E-state index in [1.165, 1.54) is 7.05 Å². The molecule has 6 nitrogen and oxygen atoms in total. The molecular formula is C22H20N2O4. The summed E-state index contributed by atoms with van der Waals surface area (Å²) in [4.78, 5) is 52.0. The normalized spacial score (nSPS) is 17.4. The third-order valence-electron chi connectivity index (χ3n) is 5.35. The average Bonchev–Trinajstić information content (AvgIpc) is 2.87. The van der Waals surface area contributed by atoms with E-state index in [0.29, 0.717) is 29.5 Å². The highest BCUT2D eigenvalue weighted by atomic mass is 16.2. The number of imide groups is 1. The summed E-state index contributed by atoms with van der Waals surface area (Å²) in [6, 6.07) is 10.1. The number of rotatable bonds is 2. The van der Waals surface area contributed by atoms with E-state index in [0.717, 1.165) is 4.90 Å². The fraction of sp³-hybridized carbons (Fsp3) is 0.273. The van der Waals surface area contributed by atoms with Gasteiger partial charge in [-0.15, -0.1) is 0 Å². The summed E-state index contributed by atoms with van der Waals surface area (Å²) in [5.74, 6) is -1.39. The summed E-state index contributed by atoms with van der Waals surface area (Å²) < 4.78 is 0. The number of nitrogens with one attached hydrogen (secondary N) is 1. The zero-order chi connectivity index (χ0) is 20.2. The van der Waals surface area contributed by atoms with Crippen LogP contribution in [0.3, 0.4) is 0 Å². The third kappa shape index (κ3) is 2.72. The molecule has 0 radical (unpaired) electrons. The highest BCUT2D eigenvalue weighted by Crippen LogP contribution is 2.42. The first-order valence-electron chi connectivity index (χ1n) is 9.11. The minimum Gasteiger partial charge on any atom is -0.321 e. The van der Waals surface area contributed by atoms with Crippen molar-refractivity contribution in [2.45, 2.75) is 26.7 Å². The third-order valence-corrected chi connectivity index (χ3v) is 5.35. The van der Waals surface area contributed by atoms with Crippen molar-refractivity contribution in [3.8, 4) is 0 Å². The molecule has 4 rings (SSSR count). The molecule has 28 heavy (non-hydrogen) atoms. The Morgan fingerprint density at radius 1 is 1.00 bits per heavy atom. The molecule has 0 saturated heterocycles. The van der Waals surface area contributed by atoms with Crippen LogP contribution in [0.4, 0.5) is 5.69 Å². The number of Topliss-reactive ketones (excluding diaryl/α,β-unsaturated/α-hetero) is 1. The number of hydrogen-bond acceptors (Lipinski definition) is 4. The average molecular weight is 376 g/mol. The Bertz CT molecular complexity index is 1050. The smallest absolute Gasteiger partial charge is 0.263 e. The Morgan fingerprint density at radius 3 is 2.32 bits per heavy atom. The van der Waals surface area contributed by atoms with E-state index >= 15 is 0 Å². The van der Waals surface area contributed by atoms with Gasteiger partial charge in [-0.05, 0) is 35.6 Å². The molecule has 142 valence electrons. The van der Waals surface area contributed by atoms with E-state index in [-0.39, 0.29) is 28.0 Å². The lowest BCUT2D eigenvalue weighted by Crippen LogP contribution is -2.29. The van der Waals surface area contributed by atoms with Crippen LogP contribution in [0.15, 0.2) is 36.4 Å². The Kier molecular flexibility index (Phi) is 3.96. The first kappa shape index (κ1) is 18.1. The first-order valence-corrected chi connectivity index (χ1v) is 9.11. The predicted molar refractivity (Wildman–Crippen MR) is 104 cm³/mol. The van der Waals surface area contributed by atoms with E-state index in [4.69, 9.17) is 0 Å². The van der Waals surface area contributed by atoms with Crippen LogP contribution in [0.5, 0.6) is 0 Å². The van der Waals surface area contributed by atoms with Gasteiger partial charge in [0.1, 0.15) is 0 Å². The van der Waals surface area contributed by atoms with Gasteiger partial charge < -0.3 is 5.32 Å². The van der Waals surface area contributed by atoms with Crippen molar-refractivity contribution in [2.75, 3.05) is 12.4 Å². The van der Waals surface area contributed by atoms with E-state index < -0.39 is 17.7 Å². The van der Waals surface area contributed by atoms with Gasteiger partial charge in [-0.1, -0.05) is 32.0 Å². The van der Waals surface area contributed by atoms with Gasteiger partial charge in [0.25, 0.3) is 17.7 Å². The molecule has 0 atom stereocenters. The second-order valence-electron chi connectivity index (χ2n) is 8.13. The molecule has 0 bridgehead atoms. The molecule has 2 aliphatic rings. The summed E-state index contributed by atoms with van der Waals surface area (Å²) in [5.41, 5.74) is 1.77. The van der Waals surface area contributed by atoms with Gasteiger partial charge in [0.05, 0.1) is 16.8 Å². The first-order chi connectivity index (χ1) is 13.2. The van der Waals surface area contributed by atoms with Crippen molar-refractivity contribution in [1.29, 1.82) is 0 Å². The summed E-state index contributed by atoms with van der Waals surface area (Å²) >= 11 is 0. The number of anilines is 1. The lowest BCUT2D eigenvalue weighted by atomic mass is 9.71. The molecular weight excluding hydrogens is 356 g/mol. The molecule has 0 spiro atoms. The molecule has 1 N–H and O–H groups in total. The van der Waals surface area contributed by atoms with Crippen LogP contribution < -0.4 is 5.32 Å². The number of ketones is 1. The Labute approximate surface area is 162 Å². The van der Waals surface area contributed by atoms with Crippen molar-refractivity contribution in [2.24, 2.45) is 5.41 Å². The predicted octanol–water partition coefficient (Wildman–Crippen LogP) is 3.32. The molecule has 0 unspecified atom stereocenters. The maximum Gasteiger partial charge on any atom is 0.263 e.